The molecule has 1 aliphatic rings. The SMILES string of the molecule is COCc1c(CC(=O)O)nnn1CCC1CC1. The zero-order valence-electron chi connectivity index (χ0n) is 9.93. The van der Waals surface area contributed by atoms with Gasteiger partial charge in [0.1, 0.15) is 0 Å². The van der Waals surface area contributed by atoms with Crippen LogP contribution in [0.3, 0.4) is 0 Å². The molecule has 1 heterocycles. The van der Waals surface area contributed by atoms with Gasteiger partial charge in [-0.25, -0.2) is 4.68 Å². The van der Waals surface area contributed by atoms with E-state index in [9.17, 15) is 4.79 Å². The van der Waals surface area contributed by atoms with E-state index in [4.69, 9.17) is 9.84 Å². The van der Waals surface area contributed by atoms with Gasteiger partial charge in [0.2, 0.25) is 0 Å². The number of hydrogen-bond donors (Lipinski definition) is 1. The molecule has 1 aromatic heterocycles. The first kappa shape index (κ1) is 12.0. The molecule has 6 heteroatoms. The van der Waals surface area contributed by atoms with Crippen molar-refractivity contribution in [3.05, 3.63) is 11.4 Å². The fraction of sp³-hybridized carbons (Fsp3) is 0.727. The average molecular weight is 239 g/mol. The molecule has 0 aliphatic heterocycles. The molecule has 0 spiro atoms. The summed E-state index contributed by atoms with van der Waals surface area (Å²) >= 11 is 0. The number of aromatic nitrogens is 3. The van der Waals surface area contributed by atoms with Gasteiger partial charge in [-0.05, 0) is 12.3 Å². The van der Waals surface area contributed by atoms with E-state index in [-0.39, 0.29) is 6.42 Å². The Kier molecular flexibility index (Phi) is 3.73. The third kappa shape index (κ3) is 3.26. The van der Waals surface area contributed by atoms with Gasteiger partial charge in [-0.2, -0.15) is 0 Å². The van der Waals surface area contributed by atoms with E-state index in [2.05, 4.69) is 10.3 Å². The van der Waals surface area contributed by atoms with Crippen LogP contribution in [0.4, 0.5) is 0 Å². The molecule has 2 rings (SSSR count). The number of hydrogen-bond acceptors (Lipinski definition) is 4. The fourth-order valence-corrected chi connectivity index (χ4v) is 1.83. The first-order valence-corrected chi connectivity index (χ1v) is 5.82. The first-order chi connectivity index (χ1) is 8.20. The summed E-state index contributed by atoms with van der Waals surface area (Å²) in [5.41, 5.74) is 1.30. The van der Waals surface area contributed by atoms with Gasteiger partial charge in [0.25, 0.3) is 0 Å². The van der Waals surface area contributed by atoms with Crippen LogP contribution in [-0.4, -0.2) is 33.2 Å². The number of carboxylic acids is 1. The normalized spacial score (nSPS) is 15.1. The van der Waals surface area contributed by atoms with E-state index in [0.29, 0.717) is 12.3 Å². The lowest BCUT2D eigenvalue weighted by Crippen LogP contribution is -2.09. The number of carbonyl (C=O) groups is 1. The third-order valence-corrected chi connectivity index (χ3v) is 2.96. The summed E-state index contributed by atoms with van der Waals surface area (Å²) in [5, 5.41) is 16.7. The number of aryl methyl sites for hydroxylation is 1. The van der Waals surface area contributed by atoms with Crippen molar-refractivity contribution in [2.24, 2.45) is 5.92 Å². The van der Waals surface area contributed by atoms with Crippen molar-refractivity contribution in [1.82, 2.24) is 15.0 Å². The van der Waals surface area contributed by atoms with E-state index < -0.39 is 5.97 Å². The molecule has 1 aromatic rings. The number of nitrogens with zero attached hydrogens (tertiary/aromatic N) is 3. The first-order valence-electron chi connectivity index (χ1n) is 5.82. The highest BCUT2D eigenvalue weighted by molar-refractivity contribution is 5.69. The molecule has 0 saturated heterocycles. The van der Waals surface area contributed by atoms with Gasteiger partial charge in [0, 0.05) is 13.7 Å². The highest BCUT2D eigenvalue weighted by atomic mass is 16.5. The molecule has 6 nitrogen and oxygen atoms in total. The molecule has 1 aliphatic carbocycles. The predicted molar refractivity (Wildman–Crippen MR) is 59.4 cm³/mol. The van der Waals surface area contributed by atoms with Crippen molar-refractivity contribution < 1.29 is 14.6 Å². The third-order valence-electron chi connectivity index (χ3n) is 2.96. The molecule has 0 bridgehead atoms. The van der Waals surface area contributed by atoms with Crippen molar-refractivity contribution in [2.75, 3.05) is 7.11 Å². The van der Waals surface area contributed by atoms with Crippen LogP contribution in [0, 0.1) is 5.92 Å². The zero-order chi connectivity index (χ0) is 12.3. The smallest absolute Gasteiger partial charge is 0.309 e. The lowest BCUT2D eigenvalue weighted by Gasteiger charge is -2.06. The standard InChI is InChI=1S/C11H17N3O3/c1-17-7-10-9(6-11(15)16)12-13-14(10)5-4-8-2-3-8/h8H,2-7H2,1H3,(H,15,16). The highest BCUT2D eigenvalue weighted by Gasteiger charge is 2.22. The lowest BCUT2D eigenvalue weighted by molar-refractivity contribution is -0.136. The van der Waals surface area contributed by atoms with Crippen molar-refractivity contribution >= 4 is 5.97 Å². The van der Waals surface area contributed by atoms with Crippen LogP contribution in [0.1, 0.15) is 30.7 Å². The summed E-state index contributed by atoms with van der Waals surface area (Å²) < 4.78 is 6.86. The Hall–Kier alpha value is -1.43. The van der Waals surface area contributed by atoms with Crippen LogP contribution in [0.25, 0.3) is 0 Å². The topological polar surface area (TPSA) is 77.2 Å². The number of carboxylic acid groups (broad SMARTS) is 1. The molecule has 1 saturated carbocycles. The minimum absolute atomic E-state index is 0.0951. The molecule has 0 atom stereocenters. The minimum atomic E-state index is -0.892. The van der Waals surface area contributed by atoms with Crippen LogP contribution >= 0.6 is 0 Å². The Balaban J connectivity index is 2.06. The Labute approximate surface area is 99.6 Å². The molecule has 1 fully saturated rings. The van der Waals surface area contributed by atoms with Crippen molar-refractivity contribution in [1.29, 1.82) is 0 Å². The Morgan fingerprint density at radius 1 is 1.59 bits per heavy atom. The molecular weight excluding hydrogens is 222 g/mol. The summed E-state index contributed by atoms with van der Waals surface area (Å²) in [6, 6.07) is 0. The molecule has 94 valence electrons. The summed E-state index contributed by atoms with van der Waals surface area (Å²) in [5.74, 6) is -0.0749. The van der Waals surface area contributed by atoms with E-state index in [1.165, 1.54) is 12.8 Å². The van der Waals surface area contributed by atoms with Crippen molar-refractivity contribution in [3.8, 4) is 0 Å². The molecular formula is C11H17N3O3. The van der Waals surface area contributed by atoms with Gasteiger partial charge in [-0.1, -0.05) is 18.1 Å². The molecule has 0 radical (unpaired) electrons. The summed E-state index contributed by atoms with van der Waals surface area (Å²) in [4.78, 5) is 10.7. The Morgan fingerprint density at radius 3 is 2.94 bits per heavy atom. The van der Waals surface area contributed by atoms with Crippen molar-refractivity contribution in [3.63, 3.8) is 0 Å². The van der Waals surface area contributed by atoms with Gasteiger partial charge in [0.05, 0.1) is 24.4 Å². The number of ether oxygens (including phenoxy) is 1. The number of rotatable bonds is 7. The van der Waals surface area contributed by atoms with Crippen LogP contribution in [0.5, 0.6) is 0 Å². The maximum absolute atomic E-state index is 10.7. The predicted octanol–water partition coefficient (Wildman–Crippen LogP) is 0.852. The van der Waals surface area contributed by atoms with E-state index >= 15 is 0 Å². The van der Waals surface area contributed by atoms with Gasteiger partial charge in [-0.15, -0.1) is 5.10 Å². The second kappa shape index (κ2) is 5.27. The Bertz CT molecular complexity index is 399. The fourth-order valence-electron chi connectivity index (χ4n) is 1.83. The summed E-state index contributed by atoms with van der Waals surface area (Å²) in [7, 11) is 1.59. The summed E-state index contributed by atoms with van der Waals surface area (Å²) in [6.07, 6.45) is 3.60. The number of aliphatic carboxylic acids is 1. The van der Waals surface area contributed by atoms with Crippen LogP contribution in [0.2, 0.25) is 0 Å². The van der Waals surface area contributed by atoms with Crippen LogP contribution < -0.4 is 0 Å². The van der Waals surface area contributed by atoms with E-state index in [1.54, 1.807) is 11.8 Å². The van der Waals surface area contributed by atoms with Crippen LogP contribution in [0.15, 0.2) is 0 Å². The second-order valence-corrected chi connectivity index (χ2v) is 4.44. The van der Waals surface area contributed by atoms with Gasteiger partial charge in [0.15, 0.2) is 0 Å². The van der Waals surface area contributed by atoms with E-state index in [0.717, 1.165) is 24.6 Å². The lowest BCUT2D eigenvalue weighted by atomic mass is 10.2. The van der Waals surface area contributed by atoms with E-state index in [1.807, 2.05) is 0 Å². The maximum atomic E-state index is 10.7. The zero-order valence-corrected chi connectivity index (χ0v) is 9.93. The molecule has 1 N–H and O–H groups in total. The largest absolute Gasteiger partial charge is 0.481 e. The minimum Gasteiger partial charge on any atom is -0.481 e. The average Bonchev–Trinajstić information content (AvgIpc) is 3.03. The highest BCUT2D eigenvalue weighted by Crippen LogP contribution is 2.32. The molecule has 0 aromatic carbocycles. The van der Waals surface area contributed by atoms with Gasteiger partial charge < -0.3 is 9.84 Å². The summed E-state index contributed by atoms with van der Waals surface area (Å²) in [6.45, 7) is 1.16. The molecule has 17 heavy (non-hydrogen) atoms. The molecule has 0 unspecified atom stereocenters. The quantitative estimate of drug-likeness (QED) is 0.763. The second-order valence-electron chi connectivity index (χ2n) is 4.44. The van der Waals surface area contributed by atoms with Gasteiger partial charge in [-0.3, -0.25) is 4.79 Å². The van der Waals surface area contributed by atoms with Crippen LogP contribution in [-0.2, 0) is 29.1 Å². The number of methoxy groups -OCH3 is 1. The van der Waals surface area contributed by atoms with Gasteiger partial charge >= 0.3 is 5.97 Å². The monoisotopic (exact) mass is 239 g/mol. The maximum Gasteiger partial charge on any atom is 0.309 e. The molecule has 0 amide bonds. The Morgan fingerprint density at radius 2 is 2.35 bits per heavy atom. The van der Waals surface area contributed by atoms with Crippen molar-refractivity contribution in [2.45, 2.75) is 38.8 Å².